The summed E-state index contributed by atoms with van der Waals surface area (Å²) < 4.78 is 0. The van der Waals surface area contributed by atoms with Crippen LogP contribution >= 0.6 is 0 Å². The standard InChI is InChI=1S/C9H15NO/c1-3-8(2)9(11)10-6-4-5-7-10/h3,8H,1,4-7H2,2H3. The van der Waals surface area contributed by atoms with Crippen molar-refractivity contribution in [2.75, 3.05) is 13.1 Å². The predicted octanol–water partition coefficient (Wildman–Crippen LogP) is 1.43. The fraction of sp³-hybridized carbons (Fsp3) is 0.667. The van der Waals surface area contributed by atoms with E-state index in [1.807, 2.05) is 11.8 Å². The SMILES string of the molecule is C=CC(C)C(=O)N1CCCC1. The van der Waals surface area contributed by atoms with Gasteiger partial charge >= 0.3 is 0 Å². The number of rotatable bonds is 2. The second-order valence-corrected chi connectivity index (χ2v) is 3.06. The molecule has 2 heteroatoms. The van der Waals surface area contributed by atoms with Crippen molar-refractivity contribution >= 4 is 5.91 Å². The fourth-order valence-corrected chi connectivity index (χ4v) is 1.33. The van der Waals surface area contributed by atoms with Gasteiger partial charge in [0.1, 0.15) is 0 Å². The maximum Gasteiger partial charge on any atom is 0.229 e. The van der Waals surface area contributed by atoms with Crippen molar-refractivity contribution in [2.45, 2.75) is 19.8 Å². The Hall–Kier alpha value is -0.790. The molecule has 1 rings (SSSR count). The molecule has 1 aliphatic heterocycles. The Bertz CT molecular complexity index is 159. The minimum atomic E-state index is -0.00639. The molecular formula is C9H15NO. The summed E-state index contributed by atoms with van der Waals surface area (Å²) in [4.78, 5) is 13.4. The molecule has 1 amide bonds. The highest BCUT2D eigenvalue weighted by atomic mass is 16.2. The molecule has 0 aliphatic carbocycles. The molecule has 0 N–H and O–H groups in total. The Kier molecular flexibility index (Phi) is 2.69. The zero-order valence-electron chi connectivity index (χ0n) is 7.05. The Morgan fingerprint density at radius 3 is 2.55 bits per heavy atom. The van der Waals surface area contributed by atoms with Crippen LogP contribution in [0, 0.1) is 5.92 Å². The van der Waals surface area contributed by atoms with Crippen LogP contribution in [0.25, 0.3) is 0 Å². The van der Waals surface area contributed by atoms with E-state index in [4.69, 9.17) is 0 Å². The number of carbonyl (C=O) groups is 1. The number of hydrogen-bond donors (Lipinski definition) is 0. The van der Waals surface area contributed by atoms with Crippen molar-refractivity contribution in [1.29, 1.82) is 0 Å². The molecule has 0 aromatic carbocycles. The van der Waals surface area contributed by atoms with Crippen molar-refractivity contribution in [1.82, 2.24) is 4.90 Å². The van der Waals surface area contributed by atoms with Crippen LogP contribution < -0.4 is 0 Å². The van der Waals surface area contributed by atoms with Crippen molar-refractivity contribution in [3.8, 4) is 0 Å². The van der Waals surface area contributed by atoms with Gasteiger partial charge in [-0.25, -0.2) is 0 Å². The van der Waals surface area contributed by atoms with Gasteiger partial charge in [0.2, 0.25) is 5.91 Å². The lowest BCUT2D eigenvalue weighted by Crippen LogP contribution is -2.31. The second-order valence-electron chi connectivity index (χ2n) is 3.06. The number of nitrogens with zero attached hydrogens (tertiary/aromatic N) is 1. The summed E-state index contributed by atoms with van der Waals surface area (Å²) in [5.41, 5.74) is 0. The molecule has 0 bridgehead atoms. The van der Waals surface area contributed by atoms with Crippen LogP contribution in [0.4, 0.5) is 0 Å². The summed E-state index contributed by atoms with van der Waals surface area (Å²) in [6.45, 7) is 7.39. The van der Waals surface area contributed by atoms with Gasteiger partial charge in [0.05, 0.1) is 5.92 Å². The molecule has 0 saturated carbocycles. The van der Waals surface area contributed by atoms with Gasteiger partial charge in [0.25, 0.3) is 0 Å². The highest BCUT2D eigenvalue weighted by Gasteiger charge is 2.20. The number of amides is 1. The van der Waals surface area contributed by atoms with E-state index >= 15 is 0 Å². The third-order valence-corrected chi connectivity index (χ3v) is 2.16. The fourth-order valence-electron chi connectivity index (χ4n) is 1.33. The maximum absolute atomic E-state index is 11.4. The quantitative estimate of drug-likeness (QED) is 0.549. The molecule has 11 heavy (non-hydrogen) atoms. The summed E-state index contributed by atoms with van der Waals surface area (Å²) in [6.07, 6.45) is 4.03. The van der Waals surface area contributed by atoms with E-state index in [0.29, 0.717) is 0 Å². The molecule has 1 fully saturated rings. The Labute approximate surface area is 67.9 Å². The lowest BCUT2D eigenvalue weighted by atomic mass is 10.1. The van der Waals surface area contributed by atoms with Gasteiger partial charge in [-0.3, -0.25) is 4.79 Å². The molecule has 1 atom stereocenters. The predicted molar refractivity (Wildman–Crippen MR) is 45.2 cm³/mol. The normalized spacial score (nSPS) is 19.9. The first-order valence-corrected chi connectivity index (χ1v) is 4.17. The van der Waals surface area contributed by atoms with E-state index in [-0.39, 0.29) is 11.8 Å². The lowest BCUT2D eigenvalue weighted by Gasteiger charge is -2.17. The van der Waals surface area contributed by atoms with Crippen LogP contribution in [0.15, 0.2) is 12.7 Å². The van der Waals surface area contributed by atoms with Gasteiger partial charge in [0.15, 0.2) is 0 Å². The van der Waals surface area contributed by atoms with Gasteiger partial charge in [-0.2, -0.15) is 0 Å². The average Bonchev–Trinajstić information content (AvgIpc) is 2.53. The summed E-state index contributed by atoms with van der Waals surface area (Å²) >= 11 is 0. The largest absolute Gasteiger partial charge is 0.342 e. The molecule has 62 valence electrons. The van der Waals surface area contributed by atoms with Crippen LogP contribution in [-0.4, -0.2) is 23.9 Å². The first-order valence-electron chi connectivity index (χ1n) is 4.17. The van der Waals surface area contributed by atoms with E-state index in [9.17, 15) is 4.79 Å². The van der Waals surface area contributed by atoms with Crippen molar-refractivity contribution in [2.24, 2.45) is 5.92 Å². The van der Waals surface area contributed by atoms with Gasteiger partial charge in [0, 0.05) is 13.1 Å². The first kappa shape index (κ1) is 8.31. The zero-order valence-corrected chi connectivity index (χ0v) is 7.05. The van der Waals surface area contributed by atoms with E-state index in [0.717, 1.165) is 25.9 Å². The van der Waals surface area contributed by atoms with Gasteiger partial charge in [-0.15, -0.1) is 6.58 Å². The zero-order chi connectivity index (χ0) is 8.27. The van der Waals surface area contributed by atoms with Crippen molar-refractivity contribution in [3.05, 3.63) is 12.7 Å². The minimum absolute atomic E-state index is 0.00639. The summed E-state index contributed by atoms with van der Waals surface area (Å²) in [7, 11) is 0. The molecule has 0 spiro atoms. The smallest absolute Gasteiger partial charge is 0.229 e. The number of likely N-dealkylation sites (tertiary alicyclic amines) is 1. The van der Waals surface area contributed by atoms with Crippen LogP contribution in [0.2, 0.25) is 0 Å². The summed E-state index contributed by atoms with van der Waals surface area (Å²) in [5.74, 6) is 0.227. The van der Waals surface area contributed by atoms with Gasteiger partial charge in [-0.1, -0.05) is 13.0 Å². The van der Waals surface area contributed by atoms with E-state index < -0.39 is 0 Å². The monoisotopic (exact) mass is 153 g/mol. The Morgan fingerprint density at radius 2 is 2.09 bits per heavy atom. The third kappa shape index (κ3) is 1.82. The van der Waals surface area contributed by atoms with Crippen LogP contribution in [-0.2, 0) is 4.79 Å². The second kappa shape index (κ2) is 3.56. The number of carbonyl (C=O) groups excluding carboxylic acids is 1. The first-order chi connectivity index (χ1) is 5.25. The highest BCUT2D eigenvalue weighted by molar-refractivity contribution is 5.80. The van der Waals surface area contributed by atoms with E-state index in [2.05, 4.69) is 6.58 Å². The van der Waals surface area contributed by atoms with E-state index in [1.165, 1.54) is 0 Å². The molecule has 0 aromatic heterocycles. The van der Waals surface area contributed by atoms with Gasteiger partial charge < -0.3 is 4.90 Å². The van der Waals surface area contributed by atoms with Crippen molar-refractivity contribution < 1.29 is 4.79 Å². The summed E-state index contributed by atoms with van der Waals surface area (Å²) in [6, 6.07) is 0. The minimum Gasteiger partial charge on any atom is -0.342 e. The van der Waals surface area contributed by atoms with Crippen LogP contribution in [0.5, 0.6) is 0 Å². The maximum atomic E-state index is 11.4. The highest BCUT2D eigenvalue weighted by Crippen LogP contribution is 2.11. The molecule has 1 aliphatic rings. The molecule has 1 heterocycles. The molecule has 1 unspecified atom stereocenters. The Balaban J connectivity index is 2.45. The van der Waals surface area contributed by atoms with Gasteiger partial charge in [-0.05, 0) is 12.8 Å². The molecular weight excluding hydrogens is 138 g/mol. The van der Waals surface area contributed by atoms with E-state index in [1.54, 1.807) is 6.08 Å². The molecule has 1 saturated heterocycles. The average molecular weight is 153 g/mol. The van der Waals surface area contributed by atoms with Crippen LogP contribution in [0.3, 0.4) is 0 Å². The molecule has 2 nitrogen and oxygen atoms in total. The number of hydrogen-bond acceptors (Lipinski definition) is 1. The van der Waals surface area contributed by atoms with Crippen LogP contribution in [0.1, 0.15) is 19.8 Å². The molecule has 0 radical (unpaired) electrons. The lowest BCUT2D eigenvalue weighted by molar-refractivity contribution is -0.132. The third-order valence-electron chi connectivity index (χ3n) is 2.16. The van der Waals surface area contributed by atoms with Crippen molar-refractivity contribution in [3.63, 3.8) is 0 Å². The molecule has 0 aromatic rings. The topological polar surface area (TPSA) is 20.3 Å². The Morgan fingerprint density at radius 1 is 1.55 bits per heavy atom. The summed E-state index contributed by atoms with van der Waals surface area (Å²) in [5, 5.41) is 0.